The minimum atomic E-state index is 0.0114. The molecule has 2 fully saturated rings. The molecule has 0 bridgehead atoms. The molecule has 2 aliphatic rings. The van der Waals surface area contributed by atoms with Crippen molar-refractivity contribution in [2.24, 2.45) is 0 Å². The van der Waals surface area contributed by atoms with Gasteiger partial charge in [-0.3, -0.25) is 4.90 Å². The zero-order valence-electron chi connectivity index (χ0n) is 15.0. The molecule has 24 heavy (non-hydrogen) atoms. The van der Waals surface area contributed by atoms with Crippen LogP contribution in [0.1, 0.15) is 38.7 Å². The standard InChI is InChI=1S/C19H29N3O2/c1-14(2)24-17-6-7-18(15(3)12-17)20-19(23)22-11-8-16(13-22)21-9-4-5-10-21/h6-7,12,14,16H,4-5,8-11,13H2,1-3H3,(H,20,23)/t16-/m0/s1. The van der Waals surface area contributed by atoms with Gasteiger partial charge in [-0.15, -0.1) is 0 Å². The molecule has 0 spiro atoms. The molecule has 1 atom stereocenters. The summed E-state index contributed by atoms with van der Waals surface area (Å²) < 4.78 is 5.70. The van der Waals surface area contributed by atoms with Crippen molar-refractivity contribution in [2.75, 3.05) is 31.5 Å². The Bertz CT molecular complexity index is 582. The first-order valence-electron chi connectivity index (χ1n) is 9.10. The third-order valence-corrected chi connectivity index (χ3v) is 4.92. The first kappa shape index (κ1) is 17.1. The average molecular weight is 331 g/mol. The molecule has 1 aromatic rings. The van der Waals surface area contributed by atoms with Crippen LogP contribution in [0.4, 0.5) is 10.5 Å². The molecule has 0 aliphatic carbocycles. The van der Waals surface area contributed by atoms with Crippen molar-refractivity contribution in [2.45, 2.75) is 52.2 Å². The summed E-state index contributed by atoms with van der Waals surface area (Å²) in [4.78, 5) is 17.0. The minimum absolute atomic E-state index is 0.0114. The maximum atomic E-state index is 12.6. The number of nitrogens with zero attached hydrogens (tertiary/aromatic N) is 2. The molecule has 2 aliphatic heterocycles. The maximum Gasteiger partial charge on any atom is 0.321 e. The highest BCUT2D eigenvalue weighted by Crippen LogP contribution is 2.24. The van der Waals surface area contributed by atoms with Gasteiger partial charge in [-0.05, 0) is 76.9 Å². The monoisotopic (exact) mass is 331 g/mol. The summed E-state index contributed by atoms with van der Waals surface area (Å²) in [6.07, 6.45) is 3.84. The van der Waals surface area contributed by atoms with Gasteiger partial charge in [-0.2, -0.15) is 0 Å². The number of hydrogen-bond acceptors (Lipinski definition) is 3. The highest BCUT2D eigenvalue weighted by molar-refractivity contribution is 5.90. The van der Waals surface area contributed by atoms with Gasteiger partial charge in [0.05, 0.1) is 6.10 Å². The molecule has 0 saturated carbocycles. The zero-order chi connectivity index (χ0) is 17.1. The molecule has 1 N–H and O–H groups in total. The maximum absolute atomic E-state index is 12.6. The van der Waals surface area contributed by atoms with Crippen molar-refractivity contribution < 1.29 is 9.53 Å². The van der Waals surface area contributed by atoms with Crippen molar-refractivity contribution in [3.8, 4) is 5.75 Å². The van der Waals surface area contributed by atoms with Crippen LogP contribution in [0.15, 0.2) is 18.2 Å². The Morgan fingerprint density at radius 2 is 2.00 bits per heavy atom. The van der Waals surface area contributed by atoms with Crippen molar-refractivity contribution in [3.05, 3.63) is 23.8 Å². The first-order chi connectivity index (χ1) is 11.5. The number of anilines is 1. The Balaban J connectivity index is 1.57. The van der Waals surface area contributed by atoms with Crippen LogP contribution in [0.5, 0.6) is 5.75 Å². The topological polar surface area (TPSA) is 44.8 Å². The lowest BCUT2D eigenvalue weighted by molar-refractivity contribution is 0.210. The van der Waals surface area contributed by atoms with E-state index in [1.54, 1.807) is 0 Å². The van der Waals surface area contributed by atoms with E-state index >= 15 is 0 Å². The molecule has 0 unspecified atom stereocenters. The zero-order valence-corrected chi connectivity index (χ0v) is 15.0. The number of carbonyl (C=O) groups is 1. The van der Waals surface area contributed by atoms with Gasteiger partial charge in [-0.1, -0.05) is 0 Å². The number of benzene rings is 1. The third-order valence-electron chi connectivity index (χ3n) is 4.92. The SMILES string of the molecule is Cc1cc(OC(C)C)ccc1NC(=O)N1CC[C@H](N2CCCC2)C1. The number of rotatable bonds is 4. The highest BCUT2D eigenvalue weighted by Gasteiger charge is 2.31. The predicted octanol–water partition coefficient (Wildman–Crippen LogP) is 3.48. The van der Waals surface area contributed by atoms with Crippen LogP contribution < -0.4 is 10.1 Å². The van der Waals surface area contributed by atoms with E-state index < -0.39 is 0 Å². The lowest BCUT2D eigenvalue weighted by atomic mass is 10.2. The van der Waals surface area contributed by atoms with Gasteiger partial charge >= 0.3 is 6.03 Å². The van der Waals surface area contributed by atoms with E-state index in [4.69, 9.17) is 4.74 Å². The van der Waals surface area contributed by atoms with Crippen LogP contribution >= 0.6 is 0 Å². The fourth-order valence-electron chi connectivity index (χ4n) is 3.65. The number of amides is 2. The summed E-state index contributed by atoms with van der Waals surface area (Å²) in [6, 6.07) is 6.38. The van der Waals surface area contributed by atoms with Gasteiger partial charge in [0.2, 0.25) is 0 Å². The molecule has 5 heteroatoms. The molecule has 2 amide bonds. The van der Waals surface area contributed by atoms with Gasteiger partial charge in [-0.25, -0.2) is 4.79 Å². The van der Waals surface area contributed by atoms with Crippen LogP contribution in [0.3, 0.4) is 0 Å². The van der Waals surface area contributed by atoms with E-state index in [0.717, 1.165) is 36.5 Å². The van der Waals surface area contributed by atoms with Gasteiger partial charge in [0, 0.05) is 24.8 Å². The first-order valence-corrected chi connectivity index (χ1v) is 9.10. The Labute approximate surface area is 145 Å². The molecule has 3 rings (SSSR count). The lowest BCUT2D eigenvalue weighted by Crippen LogP contribution is -2.38. The summed E-state index contributed by atoms with van der Waals surface area (Å²) in [5.74, 6) is 0.843. The molecular weight excluding hydrogens is 302 g/mol. The molecular formula is C19H29N3O2. The van der Waals surface area contributed by atoms with Crippen LogP contribution in [0.25, 0.3) is 0 Å². The predicted molar refractivity (Wildman–Crippen MR) is 96.7 cm³/mol. The molecule has 0 radical (unpaired) electrons. The number of aryl methyl sites for hydroxylation is 1. The van der Waals surface area contributed by atoms with Crippen molar-refractivity contribution >= 4 is 11.7 Å². The van der Waals surface area contributed by atoms with Gasteiger partial charge in [0.1, 0.15) is 5.75 Å². The van der Waals surface area contributed by atoms with E-state index in [0.29, 0.717) is 6.04 Å². The van der Waals surface area contributed by atoms with Crippen LogP contribution in [0, 0.1) is 6.92 Å². The van der Waals surface area contributed by atoms with E-state index in [9.17, 15) is 4.79 Å². The summed E-state index contributed by atoms with van der Waals surface area (Å²) in [5, 5.41) is 3.06. The van der Waals surface area contributed by atoms with E-state index in [1.807, 2.05) is 43.9 Å². The smallest absolute Gasteiger partial charge is 0.321 e. The largest absolute Gasteiger partial charge is 0.491 e. The number of likely N-dealkylation sites (tertiary alicyclic amines) is 2. The molecule has 1 aromatic carbocycles. The molecule has 132 valence electrons. The number of carbonyl (C=O) groups excluding carboxylic acids is 1. The van der Waals surface area contributed by atoms with Crippen molar-refractivity contribution in [1.82, 2.24) is 9.80 Å². The lowest BCUT2D eigenvalue weighted by Gasteiger charge is -2.24. The fraction of sp³-hybridized carbons (Fsp3) is 0.632. The Hall–Kier alpha value is -1.75. The van der Waals surface area contributed by atoms with Gasteiger partial charge in [0.25, 0.3) is 0 Å². The summed E-state index contributed by atoms with van der Waals surface area (Å²) in [7, 11) is 0. The Kier molecular flexibility index (Phi) is 5.29. The fourth-order valence-corrected chi connectivity index (χ4v) is 3.65. The van der Waals surface area contributed by atoms with Crippen LogP contribution in [-0.2, 0) is 0 Å². The van der Waals surface area contributed by atoms with Gasteiger partial charge in [0.15, 0.2) is 0 Å². The van der Waals surface area contributed by atoms with Crippen LogP contribution in [0.2, 0.25) is 0 Å². The highest BCUT2D eigenvalue weighted by atomic mass is 16.5. The summed E-state index contributed by atoms with van der Waals surface area (Å²) in [6.45, 7) is 10.1. The molecule has 5 nitrogen and oxygen atoms in total. The minimum Gasteiger partial charge on any atom is -0.491 e. The quantitative estimate of drug-likeness (QED) is 0.918. The normalized spacial score (nSPS) is 21.5. The Morgan fingerprint density at radius 3 is 2.67 bits per heavy atom. The Morgan fingerprint density at radius 1 is 1.25 bits per heavy atom. The van der Waals surface area contributed by atoms with Crippen LogP contribution in [-0.4, -0.2) is 54.2 Å². The van der Waals surface area contributed by atoms with Crippen molar-refractivity contribution in [1.29, 1.82) is 0 Å². The second kappa shape index (κ2) is 7.43. The second-order valence-corrected chi connectivity index (χ2v) is 7.21. The van der Waals surface area contributed by atoms with Crippen molar-refractivity contribution in [3.63, 3.8) is 0 Å². The van der Waals surface area contributed by atoms with E-state index in [-0.39, 0.29) is 12.1 Å². The number of nitrogens with one attached hydrogen (secondary N) is 1. The van der Waals surface area contributed by atoms with E-state index in [2.05, 4.69) is 10.2 Å². The number of urea groups is 1. The molecule has 2 heterocycles. The number of ether oxygens (including phenoxy) is 1. The van der Waals surface area contributed by atoms with E-state index in [1.165, 1.54) is 25.9 Å². The second-order valence-electron chi connectivity index (χ2n) is 7.21. The summed E-state index contributed by atoms with van der Waals surface area (Å²) in [5.41, 5.74) is 1.89. The number of hydrogen-bond donors (Lipinski definition) is 1. The van der Waals surface area contributed by atoms with Gasteiger partial charge < -0.3 is 15.0 Å². The summed E-state index contributed by atoms with van der Waals surface area (Å²) >= 11 is 0. The average Bonchev–Trinajstić information content (AvgIpc) is 3.19. The third kappa shape index (κ3) is 4.01. The molecule has 2 saturated heterocycles. The molecule has 0 aromatic heterocycles.